The average molecular weight is 350 g/mol. The molecule has 0 aliphatic heterocycles. The van der Waals surface area contributed by atoms with E-state index >= 15 is 0 Å². The van der Waals surface area contributed by atoms with Crippen molar-refractivity contribution in [1.29, 1.82) is 0 Å². The number of pyridine rings is 1. The molecule has 1 aromatic carbocycles. The van der Waals surface area contributed by atoms with Gasteiger partial charge >= 0.3 is 0 Å². The molecule has 0 fully saturated rings. The van der Waals surface area contributed by atoms with E-state index in [9.17, 15) is 9.59 Å². The summed E-state index contributed by atoms with van der Waals surface area (Å²) >= 11 is 0. The Morgan fingerprint density at radius 1 is 1.19 bits per heavy atom. The molecular weight excluding hydrogens is 328 g/mol. The Hall–Kier alpha value is -3.15. The molecular formula is C20H22N4O2. The van der Waals surface area contributed by atoms with E-state index in [0.717, 1.165) is 16.5 Å². The molecule has 3 N–H and O–H groups in total. The zero-order valence-corrected chi connectivity index (χ0v) is 15.1. The van der Waals surface area contributed by atoms with Gasteiger partial charge in [-0.05, 0) is 50.6 Å². The van der Waals surface area contributed by atoms with Crippen LogP contribution in [-0.4, -0.2) is 27.3 Å². The number of benzene rings is 1. The molecule has 0 aliphatic carbocycles. The SMILES string of the molecule is Cc1ccncc1NC(=O)CC(C)(C)NC(=O)c1cccc2[nH]ccc12. The zero-order valence-electron chi connectivity index (χ0n) is 15.1. The van der Waals surface area contributed by atoms with Crippen molar-refractivity contribution in [2.45, 2.75) is 32.7 Å². The smallest absolute Gasteiger partial charge is 0.252 e. The Bertz CT molecular complexity index is 959. The molecule has 0 bridgehead atoms. The number of nitrogens with one attached hydrogen (secondary N) is 3. The molecule has 2 aromatic heterocycles. The lowest BCUT2D eigenvalue weighted by Gasteiger charge is -2.26. The van der Waals surface area contributed by atoms with E-state index in [1.54, 1.807) is 24.7 Å². The molecule has 3 rings (SSSR count). The third kappa shape index (κ3) is 3.91. The lowest BCUT2D eigenvalue weighted by atomic mass is 9.98. The molecule has 2 amide bonds. The summed E-state index contributed by atoms with van der Waals surface area (Å²) < 4.78 is 0. The van der Waals surface area contributed by atoms with Crippen molar-refractivity contribution in [1.82, 2.24) is 15.3 Å². The maximum atomic E-state index is 12.7. The molecule has 0 unspecified atom stereocenters. The van der Waals surface area contributed by atoms with Crippen molar-refractivity contribution in [2.75, 3.05) is 5.32 Å². The maximum Gasteiger partial charge on any atom is 0.252 e. The van der Waals surface area contributed by atoms with Crippen LogP contribution >= 0.6 is 0 Å². The molecule has 0 saturated heterocycles. The van der Waals surface area contributed by atoms with Gasteiger partial charge in [-0.15, -0.1) is 0 Å². The van der Waals surface area contributed by atoms with Crippen LogP contribution in [0.5, 0.6) is 0 Å². The molecule has 0 saturated carbocycles. The molecule has 26 heavy (non-hydrogen) atoms. The molecule has 134 valence electrons. The van der Waals surface area contributed by atoms with E-state index in [1.165, 1.54) is 0 Å². The fourth-order valence-corrected chi connectivity index (χ4v) is 2.89. The molecule has 2 heterocycles. The fourth-order valence-electron chi connectivity index (χ4n) is 2.89. The van der Waals surface area contributed by atoms with E-state index in [2.05, 4.69) is 20.6 Å². The first kappa shape index (κ1) is 17.7. The Balaban J connectivity index is 1.68. The minimum Gasteiger partial charge on any atom is -0.361 e. The highest BCUT2D eigenvalue weighted by Crippen LogP contribution is 2.19. The van der Waals surface area contributed by atoms with Crippen molar-refractivity contribution in [3.05, 3.63) is 60.0 Å². The van der Waals surface area contributed by atoms with Gasteiger partial charge < -0.3 is 15.6 Å². The van der Waals surface area contributed by atoms with Crippen molar-refractivity contribution in [2.24, 2.45) is 0 Å². The van der Waals surface area contributed by atoms with Gasteiger partial charge in [-0.25, -0.2) is 0 Å². The summed E-state index contributed by atoms with van der Waals surface area (Å²) in [5.41, 5.74) is 2.40. The van der Waals surface area contributed by atoms with Crippen LogP contribution in [0.3, 0.4) is 0 Å². The third-order valence-electron chi connectivity index (χ3n) is 4.21. The van der Waals surface area contributed by atoms with Crippen molar-refractivity contribution < 1.29 is 9.59 Å². The molecule has 6 nitrogen and oxygen atoms in total. The first-order valence-corrected chi connectivity index (χ1v) is 8.45. The highest BCUT2D eigenvalue weighted by Gasteiger charge is 2.25. The van der Waals surface area contributed by atoms with Crippen LogP contribution < -0.4 is 10.6 Å². The summed E-state index contributed by atoms with van der Waals surface area (Å²) in [4.78, 5) is 32.2. The number of carbonyl (C=O) groups is 2. The van der Waals surface area contributed by atoms with Gasteiger partial charge in [-0.2, -0.15) is 0 Å². The minimum atomic E-state index is -0.699. The number of hydrogen-bond donors (Lipinski definition) is 3. The Kier molecular flexibility index (Phi) is 4.75. The van der Waals surface area contributed by atoms with Gasteiger partial charge in [0, 0.05) is 40.8 Å². The number of nitrogens with zero attached hydrogens (tertiary/aromatic N) is 1. The van der Waals surface area contributed by atoms with Crippen LogP contribution in [-0.2, 0) is 4.79 Å². The van der Waals surface area contributed by atoms with E-state index in [-0.39, 0.29) is 18.2 Å². The molecule has 0 radical (unpaired) electrons. The van der Waals surface area contributed by atoms with E-state index in [0.29, 0.717) is 11.3 Å². The average Bonchev–Trinajstić information content (AvgIpc) is 3.04. The van der Waals surface area contributed by atoms with Crippen LogP contribution in [0.15, 0.2) is 48.9 Å². The number of hydrogen-bond acceptors (Lipinski definition) is 3. The second kappa shape index (κ2) is 7.00. The van der Waals surface area contributed by atoms with Gasteiger partial charge in [0.2, 0.25) is 5.91 Å². The lowest BCUT2D eigenvalue weighted by Crippen LogP contribution is -2.45. The third-order valence-corrected chi connectivity index (χ3v) is 4.21. The number of fused-ring (bicyclic) bond motifs is 1. The number of aromatic amines is 1. The minimum absolute atomic E-state index is 0.149. The van der Waals surface area contributed by atoms with Gasteiger partial charge in [0.1, 0.15) is 0 Å². The number of rotatable bonds is 5. The monoisotopic (exact) mass is 350 g/mol. The predicted molar refractivity (Wildman–Crippen MR) is 102 cm³/mol. The van der Waals surface area contributed by atoms with E-state index in [4.69, 9.17) is 0 Å². The second-order valence-corrected chi connectivity index (χ2v) is 7.00. The summed E-state index contributed by atoms with van der Waals surface area (Å²) in [5, 5.41) is 6.66. The summed E-state index contributed by atoms with van der Waals surface area (Å²) in [6, 6.07) is 9.23. The number of anilines is 1. The molecule has 0 spiro atoms. The number of amides is 2. The summed E-state index contributed by atoms with van der Waals surface area (Å²) in [6.07, 6.45) is 5.24. The van der Waals surface area contributed by atoms with Crippen molar-refractivity contribution in [3.63, 3.8) is 0 Å². The first-order chi connectivity index (χ1) is 12.4. The van der Waals surface area contributed by atoms with E-state index in [1.807, 2.05) is 45.0 Å². The van der Waals surface area contributed by atoms with E-state index < -0.39 is 5.54 Å². The topological polar surface area (TPSA) is 86.9 Å². The lowest BCUT2D eigenvalue weighted by molar-refractivity contribution is -0.117. The summed E-state index contributed by atoms with van der Waals surface area (Å²) in [7, 11) is 0. The maximum absolute atomic E-state index is 12.7. The standard InChI is InChI=1S/C20H22N4O2/c1-13-7-9-21-12-17(13)23-18(25)11-20(2,3)24-19(26)15-5-4-6-16-14(15)8-10-22-16/h4-10,12,22H,11H2,1-3H3,(H,23,25)(H,24,26). The largest absolute Gasteiger partial charge is 0.361 e. The van der Waals surface area contributed by atoms with Crippen LogP contribution in [0.4, 0.5) is 5.69 Å². The van der Waals surface area contributed by atoms with Gasteiger partial charge in [0.05, 0.1) is 11.9 Å². The molecule has 3 aromatic rings. The van der Waals surface area contributed by atoms with Gasteiger partial charge in [-0.3, -0.25) is 14.6 Å². The molecule has 0 atom stereocenters. The summed E-state index contributed by atoms with van der Waals surface area (Å²) in [5.74, 6) is -0.378. The number of H-pyrrole nitrogens is 1. The first-order valence-electron chi connectivity index (χ1n) is 8.45. The van der Waals surface area contributed by atoms with Crippen molar-refractivity contribution in [3.8, 4) is 0 Å². The fraction of sp³-hybridized carbons (Fsp3) is 0.250. The van der Waals surface area contributed by atoms with Crippen LogP contribution in [0.2, 0.25) is 0 Å². The highest BCUT2D eigenvalue weighted by molar-refractivity contribution is 6.06. The predicted octanol–water partition coefficient (Wildman–Crippen LogP) is 3.41. The molecule has 0 aliphatic rings. The van der Waals surface area contributed by atoms with Gasteiger partial charge in [0.15, 0.2) is 0 Å². The molecule has 6 heteroatoms. The van der Waals surface area contributed by atoms with Crippen LogP contribution in [0, 0.1) is 6.92 Å². The quantitative estimate of drug-likeness (QED) is 0.659. The normalized spacial score (nSPS) is 11.3. The highest BCUT2D eigenvalue weighted by atomic mass is 16.2. The second-order valence-electron chi connectivity index (χ2n) is 7.00. The number of carbonyl (C=O) groups excluding carboxylic acids is 2. The van der Waals surface area contributed by atoms with Crippen molar-refractivity contribution >= 4 is 28.4 Å². The Morgan fingerprint density at radius 2 is 2.00 bits per heavy atom. The van der Waals surface area contributed by atoms with Crippen LogP contribution in [0.25, 0.3) is 10.9 Å². The Labute approximate surface area is 152 Å². The van der Waals surface area contributed by atoms with Gasteiger partial charge in [0.25, 0.3) is 5.91 Å². The number of aromatic nitrogens is 2. The van der Waals surface area contributed by atoms with Crippen LogP contribution in [0.1, 0.15) is 36.2 Å². The Morgan fingerprint density at radius 3 is 2.77 bits per heavy atom. The number of aryl methyl sites for hydroxylation is 1. The van der Waals surface area contributed by atoms with Gasteiger partial charge in [-0.1, -0.05) is 6.07 Å². The summed E-state index contributed by atoms with van der Waals surface area (Å²) in [6.45, 7) is 5.57. The zero-order chi connectivity index (χ0) is 18.7.